The van der Waals surface area contributed by atoms with Crippen molar-refractivity contribution in [3.63, 3.8) is 0 Å². The predicted octanol–water partition coefficient (Wildman–Crippen LogP) is 0.198. The fourth-order valence-corrected chi connectivity index (χ4v) is 0.508. The van der Waals surface area contributed by atoms with Gasteiger partial charge in [-0.3, -0.25) is 0 Å². The van der Waals surface area contributed by atoms with Crippen LogP contribution >= 0.6 is 0 Å². The Labute approximate surface area is 52.9 Å². The normalized spacial score (nSPS) is 20.6. The number of ether oxygens (including phenoxy) is 1. The van der Waals surface area contributed by atoms with Crippen LogP contribution in [-0.4, -0.2) is 16.7 Å². The number of hydrogen-bond donors (Lipinski definition) is 1. The fraction of sp³-hybridized carbons (Fsp3) is 0.500. The van der Waals surface area contributed by atoms with Crippen LogP contribution in [0.2, 0.25) is 0 Å². The van der Waals surface area contributed by atoms with Gasteiger partial charge in [-0.15, -0.1) is 0 Å². The lowest BCUT2D eigenvalue weighted by atomic mass is 10.4. The van der Waals surface area contributed by atoms with E-state index in [1.807, 2.05) is 0 Å². The molecule has 0 aromatic heterocycles. The van der Waals surface area contributed by atoms with E-state index < -0.39 is 11.6 Å². The third-order valence-electron chi connectivity index (χ3n) is 1.29. The first-order valence-corrected chi connectivity index (χ1v) is 2.73. The molecule has 1 N–H and O–H groups in total. The molecule has 0 aliphatic heterocycles. The lowest BCUT2D eigenvalue weighted by Crippen LogP contribution is -2.22. The largest absolute Gasteiger partial charge is 0.433 e. The highest BCUT2D eigenvalue weighted by molar-refractivity contribution is 5.82. The number of aliphatic hydroxyl groups is 1. The highest BCUT2D eigenvalue weighted by atomic mass is 16.5. The number of hydrogen-bond acceptors (Lipinski definition) is 3. The van der Waals surface area contributed by atoms with Crippen LogP contribution in [0.3, 0.4) is 0 Å². The summed E-state index contributed by atoms with van der Waals surface area (Å²) < 4.78 is 4.34. The maximum atomic E-state index is 10.6. The highest BCUT2D eigenvalue weighted by Gasteiger charge is 2.49. The van der Waals surface area contributed by atoms with E-state index in [1.54, 1.807) is 0 Å². The van der Waals surface area contributed by atoms with Gasteiger partial charge in [-0.1, -0.05) is 6.58 Å². The minimum atomic E-state index is -1.17. The molecule has 1 saturated carbocycles. The molecule has 1 fully saturated rings. The summed E-state index contributed by atoms with van der Waals surface area (Å²) >= 11 is 0. The summed E-state index contributed by atoms with van der Waals surface area (Å²) in [4.78, 5) is 10.6. The van der Waals surface area contributed by atoms with Crippen molar-refractivity contribution in [2.45, 2.75) is 18.4 Å². The maximum absolute atomic E-state index is 10.6. The summed E-state index contributed by atoms with van der Waals surface area (Å²) in [6.07, 6.45) is 2.05. The second kappa shape index (κ2) is 1.84. The summed E-state index contributed by atoms with van der Waals surface area (Å²) in [5.41, 5.74) is -1.17. The van der Waals surface area contributed by atoms with Crippen molar-refractivity contribution in [3.05, 3.63) is 12.8 Å². The van der Waals surface area contributed by atoms with E-state index in [9.17, 15) is 4.79 Å². The third kappa shape index (κ3) is 1.10. The Bertz CT molecular complexity index is 146. The van der Waals surface area contributed by atoms with Crippen LogP contribution in [0.15, 0.2) is 12.8 Å². The second-order valence-electron chi connectivity index (χ2n) is 2.10. The van der Waals surface area contributed by atoms with Gasteiger partial charge in [0.15, 0.2) is 5.60 Å². The van der Waals surface area contributed by atoms with Gasteiger partial charge in [-0.05, 0) is 12.8 Å². The molecule has 0 radical (unpaired) electrons. The van der Waals surface area contributed by atoms with Gasteiger partial charge in [0.05, 0.1) is 6.26 Å². The van der Waals surface area contributed by atoms with Gasteiger partial charge >= 0.3 is 5.97 Å². The lowest BCUT2D eigenvalue weighted by molar-refractivity contribution is -0.149. The van der Waals surface area contributed by atoms with E-state index in [0.717, 1.165) is 6.26 Å². The monoisotopic (exact) mass is 128 g/mol. The Morgan fingerprint density at radius 2 is 2.33 bits per heavy atom. The smallest absolute Gasteiger partial charge is 0.342 e. The topological polar surface area (TPSA) is 46.5 Å². The number of rotatable bonds is 2. The third-order valence-corrected chi connectivity index (χ3v) is 1.29. The zero-order chi connectivity index (χ0) is 6.91. The van der Waals surface area contributed by atoms with Crippen molar-refractivity contribution in [1.29, 1.82) is 0 Å². The first-order chi connectivity index (χ1) is 4.19. The molecule has 1 aliphatic rings. The molecule has 0 heterocycles. The molecule has 50 valence electrons. The van der Waals surface area contributed by atoms with Gasteiger partial charge in [0.25, 0.3) is 0 Å². The summed E-state index contributed by atoms with van der Waals surface area (Å²) in [7, 11) is 0. The van der Waals surface area contributed by atoms with Gasteiger partial charge in [0.1, 0.15) is 0 Å². The number of esters is 1. The van der Waals surface area contributed by atoms with Crippen molar-refractivity contribution < 1.29 is 14.6 Å². The molecule has 0 spiro atoms. The van der Waals surface area contributed by atoms with E-state index in [-0.39, 0.29) is 0 Å². The van der Waals surface area contributed by atoms with Crippen molar-refractivity contribution in [2.75, 3.05) is 0 Å². The predicted molar refractivity (Wildman–Crippen MR) is 30.5 cm³/mol. The molecule has 0 aromatic carbocycles. The van der Waals surface area contributed by atoms with E-state index in [1.165, 1.54) is 0 Å². The highest BCUT2D eigenvalue weighted by Crippen LogP contribution is 2.36. The van der Waals surface area contributed by atoms with Crippen LogP contribution in [0.5, 0.6) is 0 Å². The molecule has 1 rings (SSSR count). The zero-order valence-electron chi connectivity index (χ0n) is 4.96. The Morgan fingerprint density at radius 3 is 2.67 bits per heavy atom. The second-order valence-corrected chi connectivity index (χ2v) is 2.10. The van der Waals surface area contributed by atoms with Crippen molar-refractivity contribution in [2.24, 2.45) is 0 Å². The first-order valence-electron chi connectivity index (χ1n) is 2.73. The van der Waals surface area contributed by atoms with Gasteiger partial charge in [0.2, 0.25) is 0 Å². The minimum Gasteiger partial charge on any atom is -0.433 e. The molecule has 0 bridgehead atoms. The lowest BCUT2D eigenvalue weighted by Gasteiger charge is -2.01. The Morgan fingerprint density at radius 1 is 1.78 bits per heavy atom. The average molecular weight is 128 g/mol. The van der Waals surface area contributed by atoms with Crippen molar-refractivity contribution in [1.82, 2.24) is 0 Å². The Hall–Kier alpha value is -0.830. The average Bonchev–Trinajstić information content (AvgIpc) is 2.50. The number of carbonyl (C=O) groups is 1. The van der Waals surface area contributed by atoms with Crippen LogP contribution in [0, 0.1) is 0 Å². The van der Waals surface area contributed by atoms with Gasteiger partial charge < -0.3 is 9.84 Å². The van der Waals surface area contributed by atoms with Crippen LogP contribution in [0.1, 0.15) is 12.8 Å². The minimum absolute atomic E-state index is 0.514. The van der Waals surface area contributed by atoms with Crippen molar-refractivity contribution >= 4 is 5.97 Å². The van der Waals surface area contributed by atoms with E-state index in [0.29, 0.717) is 12.8 Å². The fourth-order valence-electron chi connectivity index (χ4n) is 0.508. The molecule has 0 unspecified atom stereocenters. The summed E-state index contributed by atoms with van der Waals surface area (Å²) in [5, 5.41) is 9.01. The molecule has 3 heteroatoms. The van der Waals surface area contributed by atoms with E-state index >= 15 is 0 Å². The zero-order valence-corrected chi connectivity index (χ0v) is 4.96. The van der Waals surface area contributed by atoms with Crippen LogP contribution < -0.4 is 0 Å². The van der Waals surface area contributed by atoms with Crippen molar-refractivity contribution in [3.8, 4) is 0 Å². The van der Waals surface area contributed by atoms with E-state index in [4.69, 9.17) is 5.11 Å². The number of carbonyl (C=O) groups excluding carboxylic acids is 1. The molecule has 0 amide bonds. The maximum Gasteiger partial charge on any atom is 0.342 e. The molecule has 9 heavy (non-hydrogen) atoms. The molecule has 1 aliphatic carbocycles. The van der Waals surface area contributed by atoms with Gasteiger partial charge in [0, 0.05) is 0 Å². The first kappa shape index (κ1) is 6.29. The molecule has 0 saturated heterocycles. The molecule has 3 nitrogen and oxygen atoms in total. The Kier molecular flexibility index (Phi) is 1.29. The summed E-state index contributed by atoms with van der Waals surface area (Å²) in [6.45, 7) is 3.19. The SMILES string of the molecule is C=COC(=O)C1(O)CC1. The van der Waals surface area contributed by atoms with Crippen LogP contribution in [0.4, 0.5) is 0 Å². The Balaban J connectivity index is 2.42. The van der Waals surface area contributed by atoms with Crippen LogP contribution in [-0.2, 0) is 9.53 Å². The standard InChI is InChI=1S/C6H8O3/c1-2-9-5(7)6(8)3-4-6/h2,8H,1,3-4H2. The van der Waals surface area contributed by atoms with Gasteiger partial charge in [-0.25, -0.2) is 4.79 Å². The van der Waals surface area contributed by atoms with Gasteiger partial charge in [-0.2, -0.15) is 0 Å². The summed E-state index contributed by atoms with van der Waals surface area (Å²) in [5.74, 6) is -0.586. The molecular formula is C6H8O3. The quantitative estimate of drug-likeness (QED) is 0.426. The molecule has 0 atom stereocenters. The summed E-state index contributed by atoms with van der Waals surface area (Å²) in [6, 6.07) is 0. The van der Waals surface area contributed by atoms with E-state index in [2.05, 4.69) is 11.3 Å². The molecular weight excluding hydrogens is 120 g/mol. The molecule has 0 aromatic rings. The van der Waals surface area contributed by atoms with Crippen LogP contribution in [0.25, 0.3) is 0 Å².